The molecule has 0 aliphatic carbocycles. The van der Waals surface area contributed by atoms with E-state index in [9.17, 15) is 9.18 Å². The number of carbonyl (C=O) groups excluding carboxylic acids is 1. The Morgan fingerprint density at radius 1 is 1.11 bits per heavy atom. The third-order valence-electron chi connectivity index (χ3n) is 4.78. The molecule has 1 fully saturated rings. The number of aromatic nitrogens is 3. The molecule has 1 N–H and O–H groups in total. The second-order valence-corrected chi connectivity index (χ2v) is 6.58. The molecule has 2 aromatic heterocycles. The van der Waals surface area contributed by atoms with E-state index in [1.54, 1.807) is 35.8 Å². The van der Waals surface area contributed by atoms with Gasteiger partial charge in [0.2, 0.25) is 0 Å². The molecule has 144 valence electrons. The van der Waals surface area contributed by atoms with Gasteiger partial charge in [-0.25, -0.2) is 19.2 Å². The molecule has 4 rings (SSSR count). The number of anilines is 1. The highest BCUT2D eigenvalue weighted by molar-refractivity contribution is 5.74. The standard InChI is InChI=1S/C20H21FN6O/c21-17-3-1-2-4-18(17)25-9-11-26(12-10-25)20(28)24-14-16-5-6-19(23-13-16)27-8-7-22-15-27/h1-8,13,15H,9-12,14H2,(H,24,28). The van der Waals surface area contributed by atoms with Crippen LogP contribution in [0.15, 0.2) is 61.3 Å². The fourth-order valence-electron chi connectivity index (χ4n) is 3.22. The maximum atomic E-state index is 13.9. The molecular formula is C20H21FN6O. The van der Waals surface area contributed by atoms with Crippen molar-refractivity contribution in [2.45, 2.75) is 6.54 Å². The van der Waals surface area contributed by atoms with Gasteiger partial charge in [-0.3, -0.25) is 4.57 Å². The maximum Gasteiger partial charge on any atom is 0.317 e. The number of hydrogen-bond donors (Lipinski definition) is 1. The van der Waals surface area contributed by atoms with Gasteiger partial charge in [0.1, 0.15) is 18.0 Å². The molecule has 0 unspecified atom stereocenters. The summed E-state index contributed by atoms with van der Waals surface area (Å²) in [5, 5.41) is 2.92. The Balaban J connectivity index is 1.27. The largest absolute Gasteiger partial charge is 0.366 e. The SMILES string of the molecule is O=C(NCc1ccc(-n2ccnc2)nc1)N1CCN(c2ccccc2F)CC1. The van der Waals surface area contributed by atoms with E-state index in [1.165, 1.54) is 6.07 Å². The molecule has 7 nitrogen and oxygen atoms in total. The number of imidazole rings is 1. The van der Waals surface area contributed by atoms with E-state index < -0.39 is 0 Å². The van der Waals surface area contributed by atoms with Crippen molar-refractivity contribution in [2.75, 3.05) is 31.1 Å². The van der Waals surface area contributed by atoms with Gasteiger partial charge in [0.25, 0.3) is 0 Å². The average Bonchev–Trinajstić information content (AvgIpc) is 3.28. The minimum atomic E-state index is -0.230. The molecule has 3 heterocycles. The normalized spacial score (nSPS) is 14.2. The maximum absolute atomic E-state index is 13.9. The first-order valence-corrected chi connectivity index (χ1v) is 9.16. The molecule has 1 aliphatic rings. The fraction of sp³-hybridized carbons (Fsp3) is 0.250. The Labute approximate surface area is 162 Å². The zero-order chi connectivity index (χ0) is 19.3. The number of benzene rings is 1. The highest BCUT2D eigenvalue weighted by Gasteiger charge is 2.22. The smallest absolute Gasteiger partial charge is 0.317 e. The number of nitrogens with zero attached hydrogens (tertiary/aromatic N) is 5. The number of para-hydroxylation sites is 1. The summed E-state index contributed by atoms with van der Waals surface area (Å²) in [4.78, 5) is 24.5. The minimum absolute atomic E-state index is 0.119. The summed E-state index contributed by atoms with van der Waals surface area (Å²) in [6, 6.07) is 10.4. The lowest BCUT2D eigenvalue weighted by Gasteiger charge is -2.36. The van der Waals surface area contributed by atoms with Crippen LogP contribution in [-0.2, 0) is 6.54 Å². The molecule has 2 amide bonds. The third-order valence-corrected chi connectivity index (χ3v) is 4.78. The van der Waals surface area contributed by atoms with Crippen LogP contribution in [0.25, 0.3) is 5.82 Å². The number of pyridine rings is 1. The summed E-state index contributed by atoms with van der Waals surface area (Å²) in [5.41, 5.74) is 1.51. The lowest BCUT2D eigenvalue weighted by atomic mass is 10.2. The summed E-state index contributed by atoms with van der Waals surface area (Å²) < 4.78 is 15.7. The highest BCUT2D eigenvalue weighted by Crippen LogP contribution is 2.20. The van der Waals surface area contributed by atoms with E-state index >= 15 is 0 Å². The lowest BCUT2D eigenvalue weighted by molar-refractivity contribution is 0.194. The van der Waals surface area contributed by atoms with Crippen LogP contribution in [0, 0.1) is 5.82 Å². The molecule has 0 bridgehead atoms. The van der Waals surface area contributed by atoms with Crippen molar-refractivity contribution >= 4 is 11.7 Å². The molecule has 1 aromatic carbocycles. The van der Waals surface area contributed by atoms with Crippen LogP contribution in [0.4, 0.5) is 14.9 Å². The zero-order valence-electron chi connectivity index (χ0n) is 15.3. The first kappa shape index (κ1) is 18.0. The quantitative estimate of drug-likeness (QED) is 0.755. The van der Waals surface area contributed by atoms with E-state index in [0.717, 1.165) is 11.4 Å². The van der Waals surface area contributed by atoms with Crippen molar-refractivity contribution in [1.82, 2.24) is 24.8 Å². The topological polar surface area (TPSA) is 66.3 Å². The van der Waals surface area contributed by atoms with Gasteiger partial charge in [-0.05, 0) is 23.8 Å². The lowest BCUT2D eigenvalue weighted by Crippen LogP contribution is -2.51. The molecule has 3 aromatic rings. The Hall–Kier alpha value is -3.42. The number of urea groups is 1. The number of rotatable bonds is 4. The Morgan fingerprint density at radius 3 is 2.61 bits per heavy atom. The van der Waals surface area contributed by atoms with Gasteiger partial charge >= 0.3 is 6.03 Å². The fourth-order valence-corrected chi connectivity index (χ4v) is 3.22. The van der Waals surface area contributed by atoms with Crippen LogP contribution in [-0.4, -0.2) is 51.6 Å². The number of halogens is 1. The van der Waals surface area contributed by atoms with Crippen LogP contribution in [0.2, 0.25) is 0 Å². The zero-order valence-corrected chi connectivity index (χ0v) is 15.3. The van der Waals surface area contributed by atoms with Crippen LogP contribution < -0.4 is 10.2 Å². The second-order valence-electron chi connectivity index (χ2n) is 6.58. The summed E-state index contributed by atoms with van der Waals surface area (Å²) in [6.07, 6.45) is 6.95. The molecule has 8 heteroatoms. The summed E-state index contributed by atoms with van der Waals surface area (Å²) in [5.74, 6) is 0.545. The molecule has 28 heavy (non-hydrogen) atoms. The van der Waals surface area contributed by atoms with E-state index in [4.69, 9.17) is 0 Å². The highest BCUT2D eigenvalue weighted by atomic mass is 19.1. The first-order valence-electron chi connectivity index (χ1n) is 9.16. The molecule has 0 atom stereocenters. The van der Waals surface area contributed by atoms with Gasteiger partial charge in [-0.2, -0.15) is 0 Å². The number of carbonyl (C=O) groups is 1. The van der Waals surface area contributed by atoms with E-state index in [2.05, 4.69) is 15.3 Å². The van der Waals surface area contributed by atoms with Crippen LogP contribution in [0.5, 0.6) is 0 Å². The first-order chi connectivity index (χ1) is 13.7. The van der Waals surface area contributed by atoms with Crippen LogP contribution in [0.1, 0.15) is 5.56 Å². The Kier molecular flexibility index (Phi) is 5.18. The predicted octanol–water partition coefficient (Wildman–Crippen LogP) is 2.44. The van der Waals surface area contributed by atoms with Gasteiger partial charge < -0.3 is 15.1 Å². The summed E-state index contributed by atoms with van der Waals surface area (Å²) >= 11 is 0. The van der Waals surface area contributed by atoms with Gasteiger partial charge in [-0.1, -0.05) is 18.2 Å². The molecule has 0 saturated carbocycles. The molecule has 1 saturated heterocycles. The van der Waals surface area contributed by atoms with Crippen molar-refractivity contribution in [3.8, 4) is 5.82 Å². The van der Waals surface area contributed by atoms with Crippen LogP contribution in [0.3, 0.4) is 0 Å². The van der Waals surface area contributed by atoms with Crippen molar-refractivity contribution in [2.24, 2.45) is 0 Å². The molecule has 0 spiro atoms. The van der Waals surface area contributed by atoms with Gasteiger partial charge in [0.05, 0.1) is 5.69 Å². The van der Waals surface area contributed by atoms with Gasteiger partial charge in [-0.15, -0.1) is 0 Å². The van der Waals surface area contributed by atoms with Crippen LogP contribution >= 0.6 is 0 Å². The monoisotopic (exact) mass is 380 g/mol. The van der Waals surface area contributed by atoms with E-state index in [0.29, 0.717) is 38.4 Å². The number of amides is 2. The second kappa shape index (κ2) is 8.08. The Morgan fingerprint density at radius 2 is 1.93 bits per heavy atom. The molecular weight excluding hydrogens is 359 g/mol. The van der Waals surface area contributed by atoms with Crippen molar-refractivity contribution in [3.05, 3.63) is 72.7 Å². The molecule has 1 aliphatic heterocycles. The van der Waals surface area contributed by atoms with E-state index in [1.807, 2.05) is 33.9 Å². The van der Waals surface area contributed by atoms with Crippen molar-refractivity contribution < 1.29 is 9.18 Å². The summed E-state index contributed by atoms with van der Waals surface area (Å²) in [6.45, 7) is 2.73. The average molecular weight is 380 g/mol. The van der Waals surface area contributed by atoms with Gasteiger partial charge in [0, 0.05) is 51.3 Å². The predicted molar refractivity (Wildman–Crippen MR) is 104 cm³/mol. The summed E-state index contributed by atoms with van der Waals surface area (Å²) in [7, 11) is 0. The van der Waals surface area contributed by atoms with E-state index in [-0.39, 0.29) is 11.8 Å². The molecule has 0 radical (unpaired) electrons. The Bertz CT molecular complexity index is 920. The third kappa shape index (κ3) is 3.95. The minimum Gasteiger partial charge on any atom is -0.366 e. The number of piperazine rings is 1. The van der Waals surface area contributed by atoms with Crippen molar-refractivity contribution in [1.29, 1.82) is 0 Å². The van der Waals surface area contributed by atoms with Gasteiger partial charge in [0.15, 0.2) is 0 Å². The number of nitrogens with one attached hydrogen (secondary N) is 1. The number of hydrogen-bond acceptors (Lipinski definition) is 4. The van der Waals surface area contributed by atoms with Crippen molar-refractivity contribution in [3.63, 3.8) is 0 Å².